The van der Waals surface area contributed by atoms with Gasteiger partial charge in [0, 0.05) is 7.05 Å². The van der Waals surface area contributed by atoms with Gasteiger partial charge in [0.05, 0.1) is 23.1 Å². The van der Waals surface area contributed by atoms with Crippen molar-refractivity contribution in [2.45, 2.75) is 51.5 Å². The van der Waals surface area contributed by atoms with Gasteiger partial charge >= 0.3 is 5.97 Å². The highest BCUT2D eigenvalue weighted by Gasteiger charge is 2.46. The number of amides is 1. The highest BCUT2D eigenvalue weighted by atomic mass is 16.4. The average Bonchev–Trinajstić information content (AvgIpc) is 3.02. The van der Waals surface area contributed by atoms with Crippen molar-refractivity contribution in [1.82, 2.24) is 14.7 Å². The second-order valence-corrected chi connectivity index (χ2v) is 7.16. The lowest BCUT2D eigenvalue weighted by molar-refractivity contribution is -0.151. The molecule has 1 aliphatic carbocycles. The number of hydrogen-bond acceptors (Lipinski definition) is 3. The van der Waals surface area contributed by atoms with Gasteiger partial charge in [-0.3, -0.25) is 4.79 Å². The minimum absolute atomic E-state index is 0.286. The predicted molar refractivity (Wildman–Crippen MR) is 98.6 cm³/mol. The van der Waals surface area contributed by atoms with Crippen molar-refractivity contribution < 1.29 is 14.7 Å². The molecule has 0 saturated heterocycles. The third kappa shape index (κ3) is 3.00. The van der Waals surface area contributed by atoms with Crippen LogP contribution in [0, 0.1) is 13.8 Å². The summed E-state index contributed by atoms with van der Waals surface area (Å²) in [7, 11) is 1.60. The molecule has 26 heavy (non-hydrogen) atoms. The Morgan fingerprint density at radius 1 is 1.19 bits per heavy atom. The van der Waals surface area contributed by atoms with Crippen LogP contribution in [-0.4, -0.2) is 44.3 Å². The number of carboxylic acid groups (broad SMARTS) is 1. The maximum absolute atomic E-state index is 13.1. The largest absolute Gasteiger partial charge is 0.479 e. The number of hydrogen-bond donors (Lipinski definition) is 1. The fourth-order valence-electron chi connectivity index (χ4n) is 3.84. The number of nitrogens with zero attached hydrogens (tertiary/aromatic N) is 3. The van der Waals surface area contributed by atoms with Gasteiger partial charge in [-0.1, -0.05) is 31.4 Å². The molecule has 1 fully saturated rings. The Morgan fingerprint density at radius 3 is 2.50 bits per heavy atom. The van der Waals surface area contributed by atoms with Crippen molar-refractivity contribution in [1.29, 1.82) is 0 Å². The minimum Gasteiger partial charge on any atom is -0.479 e. The molecule has 0 radical (unpaired) electrons. The van der Waals surface area contributed by atoms with Crippen LogP contribution in [0.25, 0.3) is 5.69 Å². The van der Waals surface area contributed by atoms with Gasteiger partial charge in [-0.25, -0.2) is 9.48 Å². The van der Waals surface area contributed by atoms with E-state index in [2.05, 4.69) is 5.10 Å². The van der Waals surface area contributed by atoms with Gasteiger partial charge in [-0.2, -0.15) is 5.10 Å². The summed E-state index contributed by atoms with van der Waals surface area (Å²) in [5.74, 6) is -1.21. The van der Waals surface area contributed by atoms with E-state index in [4.69, 9.17) is 0 Å². The molecule has 1 aliphatic rings. The summed E-state index contributed by atoms with van der Waals surface area (Å²) in [6, 6.07) is 7.88. The first kappa shape index (κ1) is 18.2. The molecular formula is C20H25N3O3. The molecule has 1 N–H and O–H groups in total. The lowest BCUT2D eigenvalue weighted by atomic mass is 9.80. The Kier molecular flexibility index (Phi) is 4.85. The summed E-state index contributed by atoms with van der Waals surface area (Å²) in [6.45, 7) is 3.84. The minimum atomic E-state index is -1.12. The van der Waals surface area contributed by atoms with Gasteiger partial charge in [0.1, 0.15) is 5.54 Å². The Labute approximate surface area is 153 Å². The SMILES string of the molecule is Cc1cccc(-n2ncc(C(=O)N(C)C3(C(=O)O)CCCCC3)c2C)c1. The van der Waals surface area contributed by atoms with Crippen LogP contribution in [0.2, 0.25) is 0 Å². The molecule has 0 aliphatic heterocycles. The van der Waals surface area contributed by atoms with Crippen LogP contribution in [0.3, 0.4) is 0 Å². The summed E-state index contributed by atoms with van der Waals surface area (Å²) in [6.07, 6.45) is 5.19. The van der Waals surface area contributed by atoms with E-state index in [0.29, 0.717) is 24.1 Å². The van der Waals surface area contributed by atoms with E-state index in [1.807, 2.05) is 38.1 Å². The molecule has 1 aromatic heterocycles. The molecule has 6 nitrogen and oxygen atoms in total. The van der Waals surface area contributed by atoms with Crippen molar-refractivity contribution in [2.75, 3.05) is 7.05 Å². The molecule has 0 atom stereocenters. The number of carbonyl (C=O) groups excluding carboxylic acids is 1. The van der Waals surface area contributed by atoms with Gasteiger partial charge in [0.2, 0.25) is 0 Å². The van der Waals surface area contributed by atoms with E-state index >= 15 is 0 Å². The molecule has 2 aromatic rings. The molecular weight excluding hydrogens is 330 g/mol. The molecule has 0 spiro atoms. The summed E-state index contributed by atoms with van der Waals surface area (Å²) in [5, 5.41) is 14.2. The van der Waals surface area contributed by atoms with Gasteiger partial charge in [-0.15, -0.1) is 0 Å². The monoisotopic (exact) mass is 355 g/mol. The predicted octanol–water partition coefficient (Wildman–Crippen LogP) is 3.35. The maximum Gasteiger partial charge on any atom is 0.329 e. The zero-order valence-electron chi connectivity index (χ0n) is 15.5. The smallest absolute Gasteiger partial charge is 0.329 e. The third-order valence-electron chi connectivity index (χ3n) is 5.51. The normalized spacial score (nSPS) is 16.3. The third-order valence-corrected chi connectivity index (χ3v) is 5.51. The van der Waals surface area contributed by atoms with E-state index in [1.165, 1.54) is 11.1 Å². The number of aliphatic carboxylic acids is 1. The van der Waals surface area contributed by atoms with Gasteiger partial charge in [0.25, 0.3) is 5.91 Å². The van der Waals surface area contributed by atoms with Crippen LogP contribution < -0.4 is 0 Å². The fraction of sp³-hybridized carbons (Fsp3) is 0.450. The van der Waals surface area contributed by atoms with Crippen LogP contribution >= 0.6 is 0 Å². The number of aryl methyl sites for hydroxylation is 1. The highest BCUT2D eigenvalue weighted by Crippen LogP contribution is 2.34. The summed E-state index contributed by atoms with van der Waals surface area (Å²) in [4.78, 5) is 26.5. The zero-order chi connectivity index (χ0) is 18.9. The van der Waals surface area contributed by atoms with Gasteiger partial charge in [0.15, 0.2) is 0 Å². The number of carbonyl (C=O) groups is 2. The molecule has 1 saturated carbocycles. The van der Waals surface area contributed by atoms with Crippen molar-refractivity contribution in [2.24, 2.45) is 0 Å². The van der Waals surface area contributed by atoms with E-state index in [9.17, 15) is 14.7 Å². The van der Waals surface area contributed by atoms with E-state index in [1.54, 1.807) is 11.7 Å². The van der Waals surface area contributed by atoms with Crippen molar-refractivity contribution in [3.05, 3.63) is 47.3 Å². The van der Waals surface area contributed by atoms with E-state index < -0.39 is 11.5 Å². The quantitative estimate of drug-likeness (QED) is 0.912. The molecule has 1 heterocycles. The van der Waals surface area contributed by atoms with Gasteiger partial charge in [-0.05, 0) is 44.4 Å². The first-order chi connectivity index (χ1) is 12.4. The Morgan fingerprint density at radius 2 is 1.88 bits per heavy atom. The summed E-state index contributed by atoms with van der Waals surface area (Å²) < 4.78 is 1.72. The van der Waals surface area contributed by atoms with Crippen LogP contribution in [0.15, 0.2) is 30.5 Å². The molecule has 6 heteroatoms. The summed E-state index contributed by atoms with van der Waals surface area (Å²) in [5.41, 5.74) is 2.03. The molecule has 0 unspecified atom stereocenters. The molecule has 0 bridgehead atoms. The molecule has 138 valence electrons. The lowest BCUT2D eigenvalue weighted by Crippen LogP contribution is -2.56. The number of rotatable bonds is 4. The van der Waals surface area contributed by atoms with Crippen LogP contribution in [0.4, 0.5) is 0 Å². The maximum atomic E-state index is 13.1. The fourth-order valence-corrected chi connectivity index (χ4v) is 3.84. The standard InChI is InChI=1S/C20H25N3O3/c1-14-8-7-9-16(12-14)23-15(2)17(13-21-23)18(24)22(3)20(19(25)26)10-5-4-6-11-20/h7-9,12-13H,4-6,10-11H2,1-3H3,(H,25,26). The second kappa shape index (κ2) is 6.94. The zero-order valence-corrected chi connectivity index (χ0v) is 15.5. The van der Waals surface area contributed by atoms with Crippen molar-refractivity contribution in [3.63, 3.8) is 0 Å². The van der Waals surface area contributed by atoms with E-state index in [-0.39, 0.29) is 5.91 Å². The lowest BCUT2D eigenvalue weighted by Gasteiger charge is -2.40. The van der Waals surface area contributed by atoms with Crippen molar-refractivity contribution >= 4 is 11.9 Å². The van der Waals surface area contributed by atoms with Gasteiger partial charge < -0.3 is 10.0 Å². The number of aromatic nitrogens is 2. The molecule has 1 amide bonds. The first-order valence-corrected chi connectivity index (χ1v) is 9.00. The average molecular weight is 355 g/mol. The van der Waals surface area contributed by atoms with Crippen molar-refractivity contribution in [3.8, 4) is 5.69 Å². The molecule has 3 rings (SSSR count). The van der Waals surface area contributed by atoms with Crippen LogP contribution in [0.1, 0.15) is 53.7 Å². The summed E-state index contributed by atoms with van der Waals surface area (Å²) >= 11 is 0. The second-order valence-electron chi connectivity index (χ2n) is 7.16. The highest BCUT2D eigenvalue weighted by molar-refractivity contribution is 5.98. The molecule has 1 aromatic carbocycles. The topological polar surface area (TPSA) is 75.4 Å². The van der Waals surface area contributed by atoms with Crippen LogP contribution in [0.5, 0.6) is 0 Å². The number of carboxylic acids is 1. The van der Waals surface area contributed by atoms with Crippen LogP contribution in [-0.2, 0) is 4.79 Å². The Bertz CT molecular complexity index is 835. The Hall–Kier alpha value is -2.63. The number of likely N-dealkylation sites (N-methyl/N-ethyl adjacent to an activating group) is 1. The first-order valence-electron chi connectivity index (χ1n) is 9.00. The number of benzene rings is 1. The Balaban J connectivity index is 1.94. The van der Waals surface area contributed by atoms with E-state index in [0.717, 1.165) is 30.5 Å².